The van der Waals surface area contributed by atoms with Crippen molar-refractivity contribution in [3.63, 3.8) is 0 Å². The molecule has 2 N–H and O–H groups in total. The zero-order valence-corrected chi connectivity index (χ0v) is 16.0. The number of rotatable bonds is 16. The molecule has 0 bridgehead atoms. The molecule has 0 heterocycles. The number of Topliss-reactive ketones (excluding diaryl/α,β-unsaturated/α-hetero) is 1. The van der Waals surface area contributed by atoms with Crippen LogP contribution < -0.4 is 10.6 Å². The van der Waals surface area contributed by atoms with E-state index in [9.17, 15) is 9.59 Å². The van der Waals surface area contributed by atoms with Crippen molar-refractivity contribution < 1.29 is 28.5 Å². The Bertz CT molecular complexity index is 358. The van der Waals surface area contributed by atoms with Gasteiger partial charge in [0.15, 0.2) is 5.78 Å². The van der Waals surface area contributed by atoms with Crippen molar-refractivity contribution in [3.05, 3.63) is 0 Å². The van der Waals surface area contributed by atoms with Crippen LogP contribution in [0, 0.1) is 0 Å². The maximum atomic E-state index is 11.3. The fraction of sp³-hybridized carbons (Fsp3) is 0.882. The van der Waals surface area contributed by atoms with E-state index < -0.39 is 0 Å². The van der Waals surface area contributed by atoms with Gasteiger partial charge in [0.05, 0.1) is 39.6 Å². The molecule has 8 heteroatoms. The second-order valence-electron chi connectivity index (χ2n) is 6.56. The summed E-state index contributed by atoms with van der Waals surface area (Å²) >= 11 is 0. The summed E-state index contributed by atoms with van der Waals surface area (Å²) in [4.78, 5) is 22.0. The van der Waals surface area contributed by atoms with Gasteiger partial charge in [-0.2, -0.15) is 0 Å². The van der Waals surface area contributed by atoms with Gasteiger partial charge in [-0.3, -0.25) is 9.59 Å². The minimum Gasteiger partial charge on any atom is -0.378 e. The monoisotopic (exact) mass is 362 g/mol. The molecule has 8 nitrogen and oxygen atoms in total. The number of carbonyl (C=O) groups excluding carboxylic acids is 2. The Morgan fingerprint density at radius 3 is 1.80 bits per heavy atom. The number of hydrogen-bond acceptors (Lipinski definition) is 7. The van der Waals surface area contributed by atoms with Crippen LogP contribution in [0.4, 0.5) is 0 Å². The minimum atomic E-state index is -0.265. The van der Waals surface area contributed by atoms with Gasteiger partial charge in [-0.15, -0.1) is 0 Å². The molecule has 0 fully saturated rings. The number of amides is 1. The van der Waals surface area contributed by atoms with Crippen LogP contribution in [-0.2, 0) is 28.5 Å². The molecule has 0 saturated carbocycles. The summed E-state index contributed by atoms with van der Waals surface area (Å²) in [7, 11) is 0. The average Bonchev–Trinajstić information content (AvgIpc) is 2.50. The molecule has 0 radical (unpaired) electrons. The van der Waals surface area contributed by atoms with Crippen molar-refractivity contribution in [1.29, 1.82) is 0 Å². The summed E-state index contributed by atoms with van der Waals surface area (Å²) in [5.74, 6) is -0.373. The lowest BCUT2D eigenvalue weighted by Gasteiger charge is -2.20. The predicted molar refractivity (Wildman–Crippen MR) is 94.7 cm³/mol. The van der Waals surface area contributed by atoms with Crippen LogP contribution in [-0.4, -0.2) is 83.2 Å². The Balaban J connectivity index is 3.19. The standard InChI is InChI=1S/C17H34N2O6/c1-15(20)13-25-14-16(21)18-5-7-22-9-11-24-12-10-23-8-6-19-17(2,3)4/h19H,5-14H2,1-4H3,(H,18,21). The van der Waals surface area contributed by atoms with E-state index in [1.54, 1.807) is 0 Å². The molecule has 0 unspecified atom stereocenters. The van der Waals surface area contributed by atoms with E-state index in [2.05, 4.69) is 31.4 Å². The topological polar surface area (TPSA) is 95.1 Å². The third-order valence-electron chi connectivity index (χ3n) is 2.75. The molecule has 0 atom stereocenters. The number of ketones is 1. The van der Waals surface area contributed by atoms with Crippen LogP contribution in [0.5, 0.6) is 0 Å². The maximum Gasteiger partial charge on any atom is 0.246 e. The Morgan fingerprint density at radius 2 is 1.28 bits per heavy atom. The molecule has 0 aromatic rings. The molecule has 1 amide bonds. The van der Waals surface area contributed by atoms with Crippen LogP contribution in [0.2, 0.25) is 0 Å². The number of nitrogens with one attached hydrogen (secondary N) is 2. The second-order valence-corrected chi connectivity index (χ2v) is 6.56. The Kier molecular flexibility index (Phi) is 14.6. The SMILES string of the molecule is CC(=O)COCC(=O)NCCOCCOCCOCCNC(C)(C)C. The van der Waals surface area contributed by atoms with E-state index in [1.165, 1.54) is 6.92 Å². The van der Waals surface area contributed by atoms with Gasteiger partial charge in [-0.1, -0.05) is 0 Å². The predicted octanol–water partition coefficient (Wildman–Crippen LogP) is 0.146. The molecule has 148 valence electrons. The molecule has 0 aliphatic carbocycles. The fourth-order valence-corrected chi connectivity index (χ4v) is 1.64. The Morgan fingerprint density at radius 1 is 0.760 bits per heavy atom. The molecule has 0 aliphatic rings. The normalized spacial score (nSPS) is 11.5. The first-order valence-electron chi connectivity index (χ1n) is 8.63. The van der Waals surface area contributed by atoms with Crippen LogP contribution in [0.25, 0.3) is 0 Å². The van der Waals surface area contributed by atoms with Gasteiger partial charge in [0.1, 0.15) is 13.2 Å². The van der Waals surface area contributed by atoms with Crippen LogP contribution in [0.3, 0.4) is 0 Å². The van der Waals surface area contributed by atoms with Crippen molar-refractivity contribution in [2.75, 3.05) is 65.9 Å². The van der Waals surface area contributed by atoms with E-state index in [0.717, 1.165) is 6.54 Å². The van der Waals surface area contributed by atoms with Gasteiger partial charge in [-0.05, 0) is 27.7 Å². The Labute approximate surface area is 150 Å². The van der Waals surface area contributed by atoms with Gasteiger partial charge >= 0.3 is 0 Å². The third kappa shape index (κ3) is 20.9. The van der Waals surface area contributed by atoms with E-state index >= 15 is 0 Å². The number of hydrogen-bond donors (Lipinski definition) is 2. The second kappa shape index (κ2) is 15.2. The Hall–Kier alpha value is -1.06. The van der Waals surface area contributed by atoms with Crippen LogP contribution in [0.15, 0.2) is 0 Å². The lowest BCUT2D eigenvalue weighted by molar-refractivity contribution is -0.129. The van der Waals surface area contributed by atoms with Gasteiger partial charge in [0.25, 0.3) is 0 Å². The smallest absolute Gasteiger partial charge is 0.246 e. The van der Waals surface area contributed by atoms with Crippen LogP contribution in [0.1, 0.15) is 27.7 Å². The quantitative estimate of drug-likeness (QED) is 0.377. The van der Waals surface area contributed by atoms with Crippen molar-refractivity contribution in [1.82, 2.24) is 10.6 Å². The van der Waals surface area contributed by atoms with Crippen LogP contribution >= 0.6 is 0 Å². The zero-order valence-electron chi connectivity index (χ0n) is 16.0. The average molecular weight is 362 g/mol. The fourth-order valence-electron chi connectivity index (χ4n) is 1.64. The number of carbonyl (C=O) groups is 2. The van der Waals surface area contributed by atoms with Gasteiger partial charge in [0, 0.05) is 18.6 Å². The lowest BCUT2D eigenvalue weighted by Crippen LogP contribution is -2.38. The van der Waals surface area contributed by atoms with Gasteiger partial charge in [0.2, 0.25) is 5.91 Å². The lowest BCUT2D eigenvalue weighted by atomic mass is 10.1. The first-order valence-corrected chi connectivity index (χ1v) is 8.63. The highest BCUT2D eigenvalue weighted by molar-refractivity contribution is 5.79. The summed E-state index contributed by atoms with van der Waals surface area (Å²) < 4.78 is 21.0. The van der Waals surface area contributed by atoms with E-state index in [4.69, 9.17) is 18.9 Å². The van der Waals surface area contributed by atoms with E-state index in [0.29, 0.717) is 46.2 Å². The highest BCUT2D eigenvalue weighted by Crippen LogP contribution is 1.96. The zero-order chi connectivity index (χ0) is 19.0. The summed E-state index contributed by atoms with van der Waals surface area (Å²) in [5, 5.41) is 5.97. The van der Waals surface area contributed by atoms with Gasteiger partial charge < -0.3 is 29.6 Å². The summed E-state index contributed by atoms with van der Waals surface area (Å²) in [6.07, 6.45) is 0. The van der Waals surface area contributed by atoms with Crippen molar-refractivity contribution >= 4 is 11.7 Å². The minimum absolute atomic E-state index is 0.0436. The summed E-state index contributed by atoms with van der Waals surface area (Å²) in [6, 6.07) is 0. The first kappa shape index (κ1) is 23.9. The van der Waals surface area contributed by atoms with Crippen molar-refractivity contribution in [2.24, 2.45) is 0 Å². The highest BCUT2D eigenvalue weighted by Gasteiger charge is 2.06. The molecule has 0 saturated heterocycles. The van der Waals surface area contributed by atoms with Gasteiger partial charge in [-0.25, -0.2) is 0 Å². The molecule has 0 spiro atoms. The largest absolute Gasteiger partial charge is 0.378 e. The highest BCUT2D eigenvalue weighted by atomic mass is 16.5. The maximum absolute atomic E-state index is 11.3. The summed E-state index contributed by atoms with van der Waals surface area (Å²) in [6.45, 7) is 11.9. The van der Waals surface area contributed by atoms with Crippen molar-refractivity contribution in [3.8, 4) is 0 Å². The molecular formula is C17H34N2O6. The first-order chi connectivity index (χ1) is 11.8. The van der Waals surface area contributed by atoms with E-state index in [1.807, 2.05) is 0 Å². The third-order valence-corrected chi connectivity index (χ3v) is 2.75. The molecule has 0 aromatic heterocycles. The molecule has 0 rings (SSSR count). The molecule has 0 aliphatic heterocycles. The van der Waals surface area contributed by atoms with Crippen molar-refractivity contribution in [2.45, 2.75) is 33.2 Å². The molecule has 25 heavy (non-hydrogen) atoms. The molecule has 0 aromatic carbocycles. The number of ether oxygens (including phenoxy) is 4. The molecular weight excluding hydrogens is 328 g/mol. The summed E-state index contributed by atoms with van der Waals surface area (Å²) in [5.41, 5.74) is 0.109. The van der Waals surface area contributed by atoms with E-state index in [-0.39, 0.29) is 30.4 Å².